The van der Waals surface area contributed by atoms with Crippen molar-refractivity contribution in [1.82, 2.24) is 5.32 Å². The number of nitrogens with one attached hydrogen (secondary N) is 1. The maximum atomic E-state index is 14.4. The molecule has 1 aliphatic heterocycles. The molecule has 0 bridgehead atoms. The van der Waals surface area contributed by atoms with Gasteiger partial charge in [-0.2, -0.15) is 0 Å². The third-order valence-electron chi connectivity index (χ3n) is 7.43. The molecule has 1 heterocycles. The standard InChI is InChI=1S/C35H33BrCl2N2O4/c36-27-13-9-25(10-14-27)23-35(34(42)39-19-4-8-24-6-2-1-3-7-24)32(30-18-15-28(37)22-31(30)38)44-33(40-35)26-11-16-29(17-12-26)43-21-5-20-41/h1-3,6-7,9-18,22,32,41H,4-5,8,19-21,23H2,(H,39,42)/t32-,35-/m1/s1. The van der Waals surface area contributed by atoms with Gasteiger partial charge in [0, 0.05) is 51.6 Å². The summed E-state index contributed by atoms with van der Waals surface area (Å²) >= 11 is 16.5. The van der Waals surface area contributed by atoms with E-state index in [9.17, 15) is 4.79 Å². The SMILES string of the molecule is O=C(NCCCc1ccccc1)[C@]1(Cc2ccc(Br)cc2)N=C(c2ccc(OCCCO)cc2)O[C@@H]1c1ccc(Cl)cc1Cl. The molecule has 228 valence electrons. The molecule has 0 unspecified atom stereocenters. The Kier molecular flexibility index (Phi) is 11.0. The molecule has 4 aromatic carbocycles. The van der Waals surface area contributed by atoms with Crippen LogP contribution in [0.25, 0.3) is 0 Å². The van der Waals surface area contributed by atoms with Crippen LogP contribution in [0.3, 0.4) is 0 Å². The molecular formula is C35H33BrCl2N2O4. The molecule has 0 aliphatic carbocycles. The number of aryl methyl sites for hydroxylation is 1. The fourth-order valence-electron chi connectivity index (χ4n) is 5.18. The van der Waals surface area contributed by atoms with Gasteiger partial charge in [0.15, 0.2) is 11.6 Å². The summed E-state index contributed by atoms with van der Waals surface area (Å²) in [5.41, 5.74) is 2.10. The Morgan fingerprint density at radius 1 is 0.955 bits per heavy atom. The smallest absolute Gasteiger partial charge is 0.252 e. The predicted molar refractivity (Wildman–Crippen MR) is 179 cm³/mol. The number of nitrogens with zero attached hydrogens (tertiary/aromatic N) is 1. The summed E-state index contributed by atoms with van der Waals surface area (Å²) in [7, 11) is 0. The lowest BCUT2D eigenvalue weighted by Crippen LogP contribution is -2.50. The van der Waals surface area contributed by atoms with Crippen molar-refractivity contribution in [3.8, 4) is 5.75 Å². The molecule has 9 heteroatoms. The summed E-state index contributed by atoms with van der Waals surface area (Å²) in [6.45, 7) is 0.943. The van der Waals surface area contributed by atoms with Crippen LogP contribution in [-0.4, -0.2) is 42.2 Å². The van der Waals surface area contributed by atoms with Gasteiger partial charge in [0.1, 0.15) is 5.75 Å². The Bertz CT molecular complexity index is 1580. The monoisotopic (exact) mass is 694 g/mol. The fraction of sp³-hybridized carbons (Fsp3) is 0.257. The number of hydrogen-bond acceptors (Lipinski definition) is 5. The minimum absolute atomic E-state index is 0.0617. The summed E-state index contributed by atoms with van der Waals surface area (Å²) in [6, 6.07) is 30.6. The van der Waals surface area contributed by atoms with Gasteiger partial charge in [-0.1, -0.05) is 87.7 Å². The van der Waals surface area contributed by atoms with E-state index in [2.05, 4.69) is 33.4 Å². The third kappa shape index (κ3) is 7.83. The molecule has 44 heavy (non-hydrogen) atoms. The second-order valence-corrected chi connectivity index (χ2v) is 12.4. The first-order valence-corrected chi connectivity index (χ1v) is 16.0. The molecular weight excluding hydrogens is 663 g/mol. The van der Waals surface area contributed by atoms with E-state index in [4.69, 9.17) is 42.8 Å². The van der Waals surface area contributed by atoms with Crippen molar-refractivity contribution < 1.29 is 19.4 Å². The topological polar surface area (TPSA) is 80.2 Å². The minimum Gasteiger partial charge on any atom is -0.494 e. The van der Waals surface area contributed by atoms with Crippen LogP contribution in [0.15, 0.2) is 107 Å². The van der Waals surface area contributed by atoms with E-state index in [1.54, 1.807) is 18.2 Å². The average molecular weight is 696 g/mol. The second-order valence-electron chi connectivity index (χ2n) is 10.6. The minimum atomic E-state index is -1.36. The highest BCUT2D eigenvalue weighted by Gasteiger charge is 2.53. The molecule has 0 fully saturated rings. The molecule has 2 atom stereocenters. The molecule has 6 nitrogen and oxygen atoms in total. The highest BCUT2D eigenvalue weighted by Crippen LogP contribution is 2.45. The van der Waals surface area contributed by atoms with E-state index < -0.39 is 11.6 Å². The number of aliphatic imine (C=N–C) groups is 1. The van der Waals surface area contributed by atoms with Gasteiger partial charge in [-0.15, -0.1) is 0 Å². The predicted octanol–water partition coefficient (Wildman–Crippen LogP) is 7.77. The van der Waals surface area contributed by atoms with Crippen LogP contribution >= 0.6 is 39.1 Å². The summed E-state index contributed by atoms with van der Waals surface area (Å²) in [4.78, 5) is 19.4. The van der Waals surface area contributed by atoms with Crippen LogP contribution in [0.1, 0.15) is 41.2 Å². The van der Waals surface area contributed by atoms with E-state index in [1.165, 1.54) is 5.56 Å². The van der Waals surface area contributed by atoms with Crippen molar-refractivity contribution >= 4 is 50.9 Å². The van der Waals surface area contributed by atoms with Crippen LogP contribution in [0.5, 0.6) is 5.75 Å². The summed E-state index contributed by atoms with van der Waals surface area (Å²) in [5, 5.41) is 13.1. The molecule has 0 radical (unpaired) electrons. The van der Waals surface area contributed by atoms with Gasteiger partial charge < -0.3 is 19.9 Å². The Morgan fingerprint density at radius 2 is 1.70 bits per heavy atom. The zero-order valence-electron chi connectivity index (χ0n) is 24.0. The maximum absolute atomic E-state index is 14.4. The van der Waals surface area contributed by atoms with Crippen LogP contribution < -0.4 is 10.1 Å². The number of halogens is 3. The van der Waals surface area contributed by atoms with Crippen LogP contribution in [0.2, 0.25) is 10.0 Å². The number of benzene rings is 4. The van der Waals surface area contributed by atoms with Crippen LogP contribution in [-0.2, 0) is 22.4 Å². The quantitative estimate of drug-likeness (QED) is 0.140. The van der Waals surface area contributed by atoms with Crippen molar-refractivity contribution in [1.29, 1.82) is 0 Å². The third-order valence-corrected chi connectivity index (χ3v) is 8.52. The highest BCUT2D eigenvalue weighted by atomic mass is 79.9. The number of aliphatic hydroxyl groups is 1. The van der Waals surface area contributed by atoms with Crippen LogP contribution in [0, 0.1) is 0 Å². The number of aliphatic hydroxyl groups excluding tert-OH is 1. The number of rotatable bonds is 13. The largest absolute Gasteiger partial charge is 0.494 e. The summed E-state index contributed by atoms with van der Waals surface area (Å²) in [5.74, 6) is 0.748. The summed E-state index contributed by atoms with van der Waals surface area (Å²) < 4.78 is 13.2. The number of amides is 1. The molecule has 1 aliphatic rings. The van der Waals surface area contributed by atoms with Crippen molar-refractivity contribution in [2.45, 2.75) is 37.3 Å². The molecule has 0 spiro atoms. The molecule has 2 N–H and O–H groups in total. The van der Waals surface area contributed by atoms with E-state index in [1.807, 2.05) is 66.7 Å². The van der Waals surface area contributed by atoms with E-state index in [0.29, 0.717) is 52.4 Å². The maximum Gasteiger partial charge on any atom is 0.252 e. The number of carbonyl (C=O) groups is 1. The van der Waals surface area contributed by atoms with Crippen molar-refractivity contribution in [2.24, 2.45) is 4.99 Å². The molecule has 1 amide bonds. The lowest BCUT2D eigenvalue weighted by molar-refractivity contribution is -0.128. The van der Waals surface area contributed by atoms with E-state index >= 15 is 0 Å². The van der Waals surface area contributed by atoms with E-state index in [-0.39, 0.29) is 18.9 Å². The van der Waals surface area contributed by atoms with Crippen molar-refractivity contribution in [3.63, 3.8) is 0 Å². The lowest BCUT2D eigenvalue weighted by atomic mass is 9.82. The summed E-state index contributed by atoms with van der Waals surface area (Å²) in [6.07, 6.45) is 1.61. The van der Waals surface area contributed by atoms with Gasteiger partial charge >= 0.3 is 0 Å². The van der Waals surface area contributed by atoms with Gasteiger partial charge in [0.2, 0.25) is 5.90 Å². The zero-order chi connectivity index (χ0) is 30.9. The Balaban J connectivity index is 1.50. The van der Waals surface area contributed by atoms with Gasteiger partial charge in [0.25, 0.3) is 5.91 Å². The number of ether oxygens (including phenoxy) is 2. The van der Waals surface area contributed by atoms with Crippen molar-refractivity contribution in [3.05, 3.63) is 134 Å². The Hall–Kier alpha value is -3.36. The van der Waals surface area contributed by atoms with Gasteiger partial charge in [-0.25, -0.2) is 4.99 Å². The first-order valence-electron chi connectivity index (χ1n) is 14.5. The molecule has 5 rings (SSSR count). The first kappa shape index (κ1) is 32.0. The van der Waals surface area contributed by atoms with Crippen molar-refractivity contribution in [2.75, 3.05) is 19.8 Å². The number of hydrogen-bond donors (Lipinski definition) is 2. The Morgan fingerprint density at radius 3 is 2.41 bits per heavy atom. The molecule has 0 saturated carbocycles. The molecule has 0 aromatic heterocycles. The molecule has 0 saturated heterocycles. The lowest BCUT2D eigenvalue weighted by Gasteiger charge is -2.31. The average Bonchev–Trinajstić information content (AvgIpc) is 3.41. The second kappa shape index (κ2) is 15.1. The zero-order valence-corrected chi connectivity index (χ0v) is 27.1. The normalized spacial score (nSPS) is 17.5. The van der Waals surface area contributed by atoms with Gasteiger partial charge in [0.05, 0.1) is 6.61 Å². The molecule has 4 aromatic rings. The highest BCUT2D eigenvalue weighted by molar-refractivity contribution is 9.10. The Labute approximate surface area is 276 Å². The fourth-order valence-corrected chi connectivity index (χ4v) is 5.95. The first-order chi connectivity index (χ1) is 21.4. The van der Waals surface area contributed by atoms with E-state index in [0.717, 1.165) is 22.9 Å². The van der Waals surface area contributed by atoms with Gasteiger partial charge in [-0.05, 0) is 72.5 Å². The number of carbonyl (C=O) groups excluding carboxylic acids is 1. The van der Waals surface area contributed by atoms with Gasteiger partial charge in [-0.3, -0.25) is 4.79 Å². The van der Waals surface area contributed by atoms with Crippen LogP contribution in [0.4, 0.5) is 0 Å².